The molecule has 0 aliphatic carbocycles. The van der Waals surface area contributed by atoms with Gasteiger partial charge in [0.05, 0.1) is 4.90 Å². The first-order valence-corrected chi connectivity index (χ1v) is 12.1. The molecule has 2 aromatic carbocycles. The van der Waals surface area contributed by atoms with E-state index < -0.39 is 10.0 Å². The Kier molecular flexibility index (Phi) is 6.98. The van der Waals surface area contributed by atoms with Crippen LogP contribution in [0.3, 0.4) is 0 Å². The summed E-state index contributed by atoms with van der Waals surface area (Å²) in [7, 11) is -3.53. The van der Waals surface area contributed by atoms with E-state index in [0.717, 1.165) is 41.5 Å². The fourth-order valence-corrected chi connectivity index (χ4v) is 6.13. The first-order valence-electron chi connectivity index (χ1n) is 10.6. The average molecular weight is 429 g/mol. The molecule has 1 unspecified atom stereocenters. The van der Waals surface area contributed by atoms with Gasteiger partial charge in [0, 0.05) is 24.7 Å². The fraction of sp³-hybridized carbons (Fsp3) is 0.458. The molecule has 0 aromatic heterocycles. The van der Waals surface area contributed by atoms with Crippen molar-refractivity contribution in [2.24, 2.45) is 0 Å². The number of nitrogens with zero attached hydrogens (tertiary/aromatic N) is 1. The van der Waals surface area contributed by atoms with Gasteiger partial charge in [0.15, 0.2) is 0 Å². The number of hydrogen-bond acceptors (Lipinski definition) is 3. The first kappa shape index (κ1) is 22.5. The molecule has 5 nitrogen and oxygen atoms in total. The van der Waals surface area contributed by atoms with Crippen LogP contribution in [0.25, 0.3) is 0 Å². The van der Waals surface area contributed by atoms with Crippen molar-refractivity contribution in [3.05, 3.63) is 64.2 Å². The third-order valence-electron chi connectivity index (χ3n) is 5.87. The van der Waals surface area contributed by atoms with Crippen molar-refractivity contribution >= 4 is 15.9 Å². The van der Waals surface area contributed by atoms with Gasteiger partial charge in [0.1, 0.15) is 0 Å². The van der Waals surface area contributed by atoms with Crippen LogP contribution < -0.4 is 5.32 Å². The number of hydrogen-bond donors (Lipinski definition) is 1. The maximum absolute atomic E-state index is 13.2. The summed E-state index contributed by atoms with van der Waals surface area (Å²) in [6, 6.07) is 11.0. The highest BCUT2D eigenvalue weighted by molar-refractivity contribution is 7.89. The number of amides is 1. The zero-order chi connectivity index (χ0) is 21.9. The lowest BCUT2D eigenvalue weighted by Gasteiger charge is -2.34. The Morgan fingerprint density at radius 3 is 2.27 bits per heavy atom. The Labute approximate surface area is 180 Å². The molecule has 1 aliphatic heterocycles. The molecular formula is C24H32N2O3S. The standard InChI is InChI=1S/C24H32N2O3S/c1-17-8-10-22(11-9-17)30(28,29)26-14-6-5-7-21(26)12-13-25-24(27)23-19(3)15-18(2)16-20(23)4/h8-11,15-16,21H,5-7,12-14H2,1-4H3,(H,25,27). The number of carbonyl (C=O) groups is 1. The second-order valence-corrected chi connectivity index (χ2v) is 10.3. The third-order valence-corrected chi connectivity index (χ3v) is 7.83. The number of sulfonamides is 1. The molecule has 1 heterocycles. The Bertz CT molecular complexity index is 990. The van der Waals surface area contributed by atoms with Crippen LogP contribution in [0.5, 0.6) is 0 Å². The Morgan fingerprint density at radius 1 is 1.00 bits per heavy atom. The van der Waals surface area contributed by atoms with Gasteiger partial charge < -0.3 is 5.32 Å². The Hall–Kier alpha value is -2.18. The molecule has 30 heavy (non-hydrogen) atoms. The number of benzene rings is 2. The smallest absolute Gasteiger partial charge is 0.251 e. The van der Waals surface area contributed by atoms with E-state index in [4.69, 9.17) is 0 Å². The lowest BCUT2D eigenvalue weighted by atomic mass is 9.99. The van der Waals surface area contributed by atoms with E-state index in [2.05, 4.69) is 5.32 Å². The van der Waals surface area contributed by atoms with Crippen LogP contribution in [0.4, 0.5) is 0 Å². The normalized spacial score (nSPS) is 17.7. The van der Waals surface area contributed by atoms with Crippen molar-refractivity contribution in [1.29, 1.82) is 0 Å². The number of carbonyl (C=O) groups excluding carboxylic acids is 1. The van der Waals surface area contributed by atoms with Gasteiger partial charge in [-0.05, 0) is 70.2 Å². The monoisotopic (exact) mass is 428 g/mol. The molecular weight excluding hydrogens is 396 g/mol. The van der Waals surface area contributed by atoms with E-state index in [1.165, 1.54) is 0 Å². The molecule has 2 aromatic rings. The van der Waals surface area contributed by atoms with Crippen LogP contribution in [0.15, 0.2) is 41.3 Å². The molecule has 0 radical (unpaired) electrons. The second-order valence-electron chi connectivity index (χ2n) is 8.40. The molecule has 162 valence electrons. The van der Waals surface area contributed by atoms with Crippen LogP contribution >= 0.6 is 0 Å². The number of aryl methyl sites for hydroxylation is 4. The highest BCUT2D eigenvalue weighted by Gasteiger charge is 2.33. The predicted octanol–water partition coefficient (Wildman–Crippen LogP) is 4.28. The molecule has 1 saturated heterocycles. The van der Waals surface area contributed by atoms with E-state index in [-0.39, 0.29) is 11.9 Å². The van der Waals surface area contributed by atoms with Gasteiger partial charge in [-0.25, -0.2) is 8.42 Å². The van der Waals surface area contributed by atoms with Gasteiger partial charge in [-0.3, -0.25) is 4.79 Å². The summed E-state index contributed by atoms with van der Waals surface area (Å²) in [5.41, 5.74) is 4.82. The van der Waals surface area contributed by atoms with E-state index in [0.29, 0.717) is 30.0 Å². The zero-order valence-corrected chi connectivity index (χ0v) is 19.2. The largest absolute Gasteiger partial charge is 0.352 e. The van der Waals surface area contributed by atoms with Crippen molar-refractivity contribution in [2.75, 3.05) is 13.1 Å². The predicted molar refractivity (Wildman–Crippen MR) is 120 cm³/mol. The minimum atomic E-state index is -3.53. The summed E-state index contributed by atoms with van der Waals surface area (Å²) in [6.07, 6.45) is 3.31. The summed E-state index contributed by atoms with van der Waals surface area (Å²) in [6.45, 7) is 8.85. The summed E-state index contributed by atoms with van der Waals surface area (Å²) >= 11 is 0. The minimum Gasteiger partial charge on any atom is -0.352 e. The first-order chi connectivity index (χ1) is 14.2. The van der Waals surface area contributed by atoms with Gasteiger partial charge in [0.2, 0.25) is 10.0 Å². The highest BCUT2D eigenvalue weighted by atomic mass is 32.2. The van der Waals surface area contributed by atoms with Crippen LogP contribution in [0, 0.1) is 27.7 Å². The van der Waals surface area contributed by atoms with Gasteiger partial charge in [-0.2, -0.15) is 4.31 Å². The van der Waals surface area contributed by atoms with Crippen molar-refractivity contribution in [1.82, 2.24) is 9.62 Å². The minimum absolute atomic E-state index is 0.0891. The van der Waals surface area contributed by atoms with E-state index in [1.807, 2.05) is 52.0 Å². The molecule has 3 rings (SSSR count). The lowest BCUT2D eigenvalue weighted by molar-refractivity contribution is 0.0948. The van der Waals surface area contributed by atoms with Crippen LogP contribution in [-0.2, 0) is 10.0 Å². The van der Waals surface area contributed by atoms with Gasteiger partial charge >= 0.3 is 0 Å². The summed E-state index contributed by atoms with van der Waals surface area (Å²) < 4.78 is 28.0. The molecule has 1 fully saturated rings. The SMILES string of the molecule is Cc1ccc(S(=O)(=O)N2CCCCC2CCNC(=O)c2c(C)cc(C)cc2C)cc1. The highest BCUT2D eigenvalue weighted by Crippen LogP contribution is 2.27. The van der Waals surface area contributed by atoms with E-state index in [9.17, 15) is 13.2 Å². The molecule has 1 amide bonds. The topological polar surface area (TPSA) is 66.5 Å². The van der Waals surface area contributed by atoms with E-state index in [1.54, 1.807) is 16.4 Å². The number of piperidine rings is 1. The Balaban J connectivity index is 1.68. The van der Waals surface area contributed by atoms with Crippen molar-refractivity contribution < 1.29 is 13.2 Å². The molecule has 0 spiro atoms. The molecule has 1 aliphatic rings. The summed E-state index contributed by atoms with van der Waals surface area (Å²) in [5.74, 6) is -0.0891. The van der Waals surface area contributed by atoms with Crippen molar-refractivity contribution in [3.8, 4) is 0 Å². The van der Waals surface area contributed by atoms with Crippen LogP contribution in [-0.4, -0.2) is 37.8 Å². The van der Waals surface area contributed by atoms with Gasteiger partial charge in [-0.1, -0.05) is 41.8 Å². The van der Waals surface area contributed by atoms with Crippen LogP contribution in [0.2, 0.25) is 0 Å². The maximum Gasteiger partial charge on any atom is 0.251 e. The lowest BCUT2D eigenvalue weighted by Crippen LogP contribution is -2.45. The molecule has 0 saturated carbocycles. The Morgan fingerprint density at radius 2 is 1.63 bits per heavy atom. The molecule has 0 bridgehead atoms. The van der Waals surface area contributed by atoms with Crippen LogP contribution in [0.1, 0.15) is 58.3 Å². The molecule has 1 N–H and O–H groups in total. The van der Waals surface area contributed by atoms with E-state index >= 15 is 0 Å². The number of rotatable bonds is 6. The quantitative estimate of drug-likeness (QED) is 0.747. The van der Waals surface area contributed by atoms with Gasteiger partial charge in [-0.15, -0.1) is 0 Å². The summed E-state index contributed by atoms with van der Waals surface area (Å²) in [4.78, 5) is 13.1. The third kappa shape index (κ3) is 4.93. The zero-order valence-electron chi connectivity index (χ0n) is 18.4. The van der Waals surface area contributed by atoms with Crippen molar-refractivity contribution in [2.45, 2.75) is 64.3 Å². The van der Waals surface area contributed by atoms with Gasteiger partial charge in [0.25, 0.3) is 5.91 Å². The number of nitrogens with one attached hydrogen (secondary N) is 1. The molecule has 6 heteroatoms. The van der Waals surface area contributed by atoms with Crippen molar-refractivity contribution in [3.63, 3.8) is 0 Å². The summed E-state index contributed by atoms with van der Waals surface area (Å²) in [5, 5.41) is 3.01. The molecule has 1 atom stereocenters. The average Bonchev–Trinajstić information content (AvgIpc) is 2.68. The fourth-order valence-electron chi connectivity index (χ4n) is 4.40. The second kappa shape index (κ2) is 9.31. The maximum atomic E-state index is 13.2.